The van der Waals surface area contributed by atoms with Crippen molar-refractivity contribution in [3.8, 4) is 0 Å². The van der Waals surface area contributed by atoms with E-state index in [9.17, 15) is 9.59 Å². The van der Waals surface area contributed by atoms with E-state index in [0.29, 0.717) is 27.7 Å². The molecule has 0 aromatic carbocycles. The molecule has 2 aromatic heterocycles. The summed E-state index contributed by atoms with van der Waals surface area (Å²) in [7, 11) is 0. The normalized spacial score (nSPS) is 10.6. The molecule has 0 radical (unpaired) electrons. The summed E-state index contributed by atoms with van der Waals surface area (Å²) in [5, 5.41) is 18.9. The molecule has 0 unspecified atom stereocenters. The lowest BCUT2D eigenvalue weighted by molar-refractivity contribution is 0.0701. The standard InChI is InChI=1S/C12H14N4O3S/c1-5-9(6(2)16-15-5)11(17)13-4-8-14-7(3)10(20-8)12(18)19/h4H2,1-3H3,(H,13,17)(H,15,16)(H,18,19). The second-order valence-corrected chi connectivity index (χ2v) is 5.40. The van der Waals surface area contributed by atoms with Gasteiger partial charge in [0.15, 0.2) is 0 Å². The second kappa shape index (κ2) is 5.41. The van der Waals surface area contributed by atoms with Crippen LogP contribution in [0, 0.1) is 20.8 Å². The number of nitrogens with zero attached hydrogens (tertiary/aromatic N) is 2. The Kier molecular flexibility index (Phi) is 3.84. The van der Waals surface area contributed by atoms with E-state index in [1.54, 1.807) is 20.8 Å². The molecule has 0 aliphatic rings. The quantitative estimate of drug-likeness (QED) is 0.790. The summed E-state index contributed by atoms with van der Waals surface area (Å²) in [4.78, 5) is 27.3. The number of aromatic nitrogens is 3. The molecule has 2 rings (SSSR count). The van der Waals surface area contributed by atoms with Gasteiger partial charge in [0.2, 0.25) is 0 Å². The van der Waals surface area contributed by atoms with E-state index < -0.39 is 5.97 Å². The molecular weight excluding hydrogens is 280 g/mol. The molecule has 0 saturated heterocycles. The van der Waals surface area contributed by atoms with Crippen LogP contribution in [0.3, 0.4) is 0 Å². The third kappa shape index (κ3) is 2.69. The van der Waals surface area contributed by atoms with Crippen LogP contribution in [0.2, 0.25) is 0 Å². The fourth-order valence-corrected chi connectivity index (χ4v) is 2.70. The first-order chi connectivity index (χ1) is 9.40. The molecule has 0 atom stereocenters. The molecule has 0 bridgehead atoms. The molecule has 0 saturated carbocycles. The number of nitrogens with one attached hydrogen (secondary N) is 2. The summed E-state index contributed by atoms with van der Waals surface area (Å²) in [5.74, 6) is -1.25. The topological polar surface area (TPSA) is 108 Å². The zero-order valence-corrected chi connectivity index (χ0v) is 12.1. The summed E-state index contributed by atoms with van der Waals surface area (Å²) in [6.45, 7) is 5.34. The van der Waals surface area contributed by atoms with Crippen LogP contribution < -0.4 is 5.32 Å². The molecule has 0 aliphatic carbocycles. The number of carboxylic acids is 1. The molecule has 3 N–H and O–H groups in total. The number of H-pyrrole nitrogens is 1. The van der Waals surface area contributed by atoms with Gasteiger partial charge in [-0.25, -0.2) is 9.78 Å². The largest absolute Gasteiger partial charge is 0.477 e. The van der Waals surface area contributed by atoms with Crippen LogP contribution in [0.15, 0.2) is 0 Å². The predicted molar refractivity (Wildman–Crippen MR) is 73.0 cm³/mol. The van der Waals surface area contributed by atoms with Crippen LogP contribution in [0.5, 0.6) is 0 Å². The van der Waals surface area contributed by atoms with Crippen LogP contribution in [0.1, 0.15) is 42.1 Å². The van der Waals surface area contributed by atoms with Crippen molar-refractivity contribution in [1.82, 2.24) is 20.5 Å². The third-order valence-electron chi connectivity index (χ3n) is 2.79. The van der Waals surface area contributed by atoms with E-state index in [2.05, 4.69) is 20.5 Å². The van der Waals surface area contributed by atoms with Gasteiger partial charge >= 0.3 is 5.97 Å². The van der Waals surface area contributed by atoms with Gasteiger partial charge in [-0.05, 0) is 20.8 Å². The van der Waals surface area contributed by atoms with Gasteiger partial charge in [0.25, 0.3) is 5.91 Å². The van der Waals surface area contributed by atoms with Crippen molar-refractivity contribution in [3.05, 3.63) is 32.5 Å². The van der Waals surface area contributed by atoms with E-state index in [1.165, 1.54) is 0 Å². The van der Waals surface area contributed by atoms with Gasteiger partial charge in [-0.3, -0.25) is 9.89 Å². The van der Waals surface area contributed by atoms with Crippen molar-refractivity contribution in [2.75, 3.05) is 0 Å². The minimum Gasteiger partial charge on any atom is -0.477 e. The Bertz CT molecular complexity index is 655. The predicted octanol–water partition coefficient (Wildman–Crippen LogP) is 1.42. The molecule has 2 aromatic rings. The van der Waals surface area contributed by atoms with E-state index in [-0.39, 0.29) is 17.3 Å². The minimum atomic E-state index is -1.00. The SMILES string of the molecule is Cc1nc(CNC(=O)c2c(C)n[nH]c2C)sc1C(=O)O. The number of amides is 1. The van der Waals surface area contributed by atoms with E-state index in [1.807, 2.05) is 0 Å². The smallest absolute Gasteiger partial charge is 0.347 e. The van der Waals surface area contributed by atoms with Crippen molar-refractivity contribution in [2.45, 2.75) is 27.3 Å². The van der Waals surface area contributed by atoms with Gasteiger partial charge < -0.3 is 10.4 Å². The monoisotopic (exact) mass is 294 g/mol. The third-order valence-corrected chi connectivity index (χ3v) is 3.94. The first-order valence-electron chi connectivity index (χ1n) is 5.89. The lowest BCUT2D eigenvalue weighted by Gasteiger charge is -2.02. The highest BCUT2D eigenvalue weighted by Crippen LogP contribution is 2.18. The Labute approximate surface area is 119 Å². The summed E-state index contributed by atoms with van der Waals surface area (Å²) in [5.41, 5.74) is 2.29. The molecule has 0 spiro atoms. The van der Waals surface area contributed by atoms with Crippen LogP contribution in [0.4, 0.5) is 0 Å². The zero-order chi connectivity index (χ0) is 14.9. The molecule has 20 heavy (non-hydrogen) atoms. The van der Waals surface area contributed by atoms with Crippen LogP contribution in [0.25, 0.3) is 0 Å². The number of carboxylic acid groups (broad SMARTS) is 1. The van der Waals surface area contributed by atoms with Crippen molar-refractivity contribution in [2.24, 2.45) is 0 Å². The number of thiazole rings is 1. The molecular formula is C12H14N4O3S. The number of aromatic amines is 1. The van der Waals surface area contributed by atoms with E-state index in [4.69, 9.17) is 5.11 Å². The van der Waals surface area contributed by atoms with E-state index in [0.717, 1.165) is 11.3 Å². The molecule has 7 nitrogen and oxygen atoms in total. The van der Waals surface area contributed by atoms with Crippen molar-refractivity contribution in [1.29, 1.82) is 0 Å². The lowest BCUT2D eigenvalue weighted by Crippen LogP contribution is -2.23. The first kappa shape index (κ1) is 14.2. The average molecular weight is 294 g/mol. The number of aryl methyl sites for hydroxylation is 3. The highest BCUT2D eigenvalue weighted by molar-refractivity contribution is 7.13. The van der Waals surface area contributed by atoms with E-state index >= 15 is 0 Å². The molecule has 0 fully saturated rings. The minimum absolute atomic E-state index is 0.196. The molecule has 2 heterocycles. The Morgan fingerprint density at radius 3 is 2.50 bits per heavy atom. The lowest BCUT2D eigenvalue weighted by atomic mass is 10.2. The Balaban J connectivity index is 2.08. The summed E-state index contributed by atoms with van der Waals surface area (Å²) in [6.07, 6.45) is 0. The summed E-state index contributed by atoms with van der Waals surface area (Å²) in [6, 6.07) is 0. The maximum absolute atomic E-state index is 12.0. The maximum Gasteiger partial charge on any atom is 0.347 e. The molecule has 106 valence electrons. The summed E-state index contributed by atoms with van der Waals surface area (Å²) >= 11 is 1.07. The average Bonchev–Trinajstić information content (AvgIpc) is 2.90. The zero-order valence-electron chi connectivity index (χ0n) is 11.3. The second-order valence-electron chi connectivity index (χ2n) is 4.32. The number of carbonyl (C=O) groups excluding carboxylic acids is 1. The van der Waals surface area contributed by atoms with Crippen molar-refractivity contribution < 1.29 is 14.7 Å². The van der Waals surface area contributed by atoms with Crippen LogP contribution in [-0.4, -0.2) is 32.2 Å². The highest BCUT2D eigenvalue weighted by atomic mass is 32.1. The van der Waals surface area contributed by atoms with Gasteiger partial charge in [-0.2, -0.15) is 5.10 Å². The number of carbonyl (C=O) groups is 2. The van der Waals surface area contributed by atoms with Gasteiger partial charge in [0.1, 0.15) is 9.88 Å². The molecule has 1 amide bonds. The van der Waals surface area contributed by atoms with Gasteiger partial charge in [-0.1, -0.05) is 0 Å². The number of rotatable bonds is 4. The Hall–Kier alpha value is -2.22. The van der Waals surface area contributed by atoms with Crippen LogP contribution in [-0.2, 0) is 6.54 Å². The van der Waals surface area contributed by atoms with Gasteiger partial charge in [0.05, 0.1) is 23.5 Å². The Morgan fingerprint density at radius 1 is 1.30 bits per heavy atom. The number of hydrogen-bond acceptors (Lipinski definition) is 5. The molecule has 8 heteroatoms. The first-order valence-corrected chi connectivity index (χ1v) is 6.71. The summed E-state index contributed by atoms with van der Waals surface area (Å²) < 4.78 is 0. The fraction of sp³-hybridized carbons (Fsp3) is 0.333. The molecule has 0 aliphatic heterocycles. The van der Waals surface area contributed by atoms with Crippen molar-refractivity contribution >= 4 is 23.2 Å². The number of hydrogen-bond donors (Lipinski definition) is 3. The fourth-order valence-electron chi connectivity index (χ4n) is 1.86. The number of aromatic carboxylic acids is 1. The van der Waals surface area contributed by atoms with Crippen molar-refractivity contribution in [3.63, 3.8) is 0 Å². The van der Waals surface area contributed by atoms with Gasteiger partial charge in [-0.15, -0.1) is 11.3 Å². The van der Waals surface area contributed by atoms with Crippen LogP contribution >= 0.6 is 11.3 Å². The van der Waals surface area contributed by atoms with Gasteiger partial charge in [0, 0.05) is 5.69 Å². The Morgan fingerprint density at radius 2 is 2.00 bits per heavy atom. The maximum atomic E-state index is 12.0. The highest BCUT2D eigenvalue weighted by Gasteiger charge is 2.17.